The summed E-state index contributed by atoms with van der Waals surface area (Å²) < 4.78 is 0. The Labute approximate surface area is 121 Å². The zero-order valence-corrected chi connectivity index (χ0v) is 11.9. The predicted octanol–water partition coefficient (Wildman–Crippen LogP) is 3.58. The van der Waals surface area contributed by atoms with Crippen LogP contribution in [0, 0.1) is 5.92 Å². The molecule has 1 aliphatic rings. The van der Waals surface area contributed by atoms with Gasteiger partial charge in [-0.15, -0.1) is 0 Å². The van der Waals surface area contributed by atoms with E-state index in [9.17, 15) is 4.79 Å². The number of amides is 1. The number of hydrogen-bond donors (Lipinski definition) is 2. The largest absolute Gasteiger partial charge is 0.326 e. The van der Waals surface area contributed by atoms with Gasteiger partial charge in [-0.05, 0) is 31.5 Å². The van der Waals surface area contributed by atoms with Gasteiger partial charge in [0.1, 0.15) is 0 Å². The molecule has 18 heavy (non-hydrogen) atoms. The molecule has 0 radical (unpaired) electrons. The Morgan fingerprint density at radius 3 is 2.50 bits per heavy atom. The molecule has 6 heteroatoms. The predicted molar refractivity (Wildman–Crippen MR) is 75.7 cm³/mol. The van der Waals surface area contributed by atoms with E-state index in [1.807, 2.05) is 0 Å². The van der Waals surface area contributed by atoms with Gasteiger partial charge < -0.3 is 10.6 Å². The van der Waals surface area contributed by atoms with Gasteiger partial charge in [0.2, 0.25) is 5.91 Å². The zero-order chi connectivity index (χ0) is 13.1. The molecule has 3 nitrogen and oxygen atoms in total. The second kappa shape index (κ2) is 6.11. The Kier molecular flexibility index (Phi) is 4.73. The molecule has 2 N–H and O–H groups in total. The third-order valence-corrected chi connectivity index (χ3v) is 4.12. The molecule has 1 fully saturated rings. The lowest BCUT2D eigenvalue weighted by Crippen LogP contribution is -2.37. The Morgan fingerprint density at radius 1 is 1.28 bits per heavy atom. The second-order valence-corrected chi connectivity index (χ2v) is 5.48. The molecule has 2 rings (SSSR count). The lowest BCUT2D eigenvalue weighted by Gasteiger charge is -2.22. The third-order valence-electron chi connectivity index (χ3n) is 2.92. The van der Waals surface area contributed by atoms with Crippen molar-refractivity contribution in [2.45, 2.75) is 12.8 Å². The number of halogens is 3. The summed E-state index contributed by atoms with van der Waals surface area (Å²) >= 11 is 17.7. The number of nitrogens with one attached hydrogen (secondary N) is 2. The van der Waals surface area contributed by atoms with Crippen LogP contribution in [0.5, 0.6) is 0 Å². The molecule has 0 bridgehead atoms. The van der Waals surface area contributed by atoms with Gasteiger partial charge in [-0.3, -0.25) is 4.79 Å². The fraction of sp³-hybridized carbons (Fsp3) is 0.417. The van der Waals surface area contributed by atoms with Gasteiger partial charge in [-0.25, -0.2) is 0 Å². The second-order valence-electron chi connectivity index (χ2n) is 4.29. The number of piperidine rings is 1. The summed E-state index contributed by atoms with van der Waals surface area (Å²) in [5, 5.41) is 6.98. The SMILES string of the molecule is O=C(Nc1cc(Cl)c(Cl)c(Cl)c1)C1CCCNC1. The van der Waals surface area contributed by atoms with Gasteiger partial charge in [0, 0.05) is 12.2 Å². The number of hydrogen-bond acceptors (Lipinski definition) is 2. The number of benzene rings is 1. The molecule has 0 aliphatic carbocycles. The van der Waals surface area contributed by atoms with Crippen molar-refractivity contribution in [3.05, 3.63) is 27.2 Å². The molecule has 1 aromatic rings. The molecular weight excluding hydrogens is 295 g/mol. The summed E-state index contributed by atoms with van der Waals surface area (Å²) in [7, 11) is 0. The maximum atomic E-state index is 12.0. The highest BCUT2D eigenvalue weighted by atomic mass is 35.5. The van der Waals surface area contributed by atoms with E-state index in [-0.39, 0.29) is 11.8 Å². The van der Waals surface area contributed by atoms with Crippen molar-refractivity contribution in [1.82, 2.24) is 5.32 Å². The normalized spacial score (nSPS) is 19.6. The average Bonchev–Trinajstić information content (AvgIpc) is 2.37. The Bertz CT molecular complexity index is 436. The summed E-state index contributed by atoms with van der Waals surface area (Å²) in [6.45, 7) is 1.68. The molecule has 1 aliphatic heterocycles. The Balaban J connectivity index is 2.06. The minimum Gasteiger partial charge on any atom is -0.326 e. The first kappa shape index (κ1) is 13.9. The molecule has 1 aromatic carbocycles. The highest BCUT2D eigenvalue weighted by Gasteiger charge is 2.21. The zero-order valence-electron chi connectivity index (χ0n) is 9.60. The fourth-order valence-corrected chi connectivity index (χ4v) is 2.54. The number of rotatable bonds is 2. The molecule has 0 aromatic heterocycles. The molecule has 0 saturated carbocycles. The van der Waals surface area contributed by atoms with E-state index in [0.29, 0.717) is 27.3 Å². The minimum absolute atomic E-state index is 0.00743. The van der Waals surface area contributed by atoms with Gasteiger partial charge in [0.15, 0.2) is 0 Å². The first-order valence-corrected chi connectivity index (χ1v) is 6.87. The van der Waals surface area contributed by atoms with Crippen LogP contribution in [0.25, 0.3) is 0 Å². The fourth-order valence-electron chi connectivity index (χ4n) is 1.95. The maximum absolute atomic E-state index is 12.0. The third kappa shape index (κ3) is 3.29. The molecule has 1 unspecified atom stereocenters. The van der Waals surface area contributed by atoms with Crippen molar-refractivity contribution in [2.75, 3.05) is 18.4 Å². The molecule has 1 heterocycles. The van der Waals surface area contributed by atoms with E-state index in [1.165, 1.54) is 0 Å². The summed E-state index contributed by atoms with van der Waals surface area (Å²) in [4.78, 5) is 12.0. The van der Waals surface area contributed by atoms with Crippen LogP contribution in [0.15, 0.2) is 12.1 Å². The molecule has 98 valence electrons. The lowest BCUT2D eigenvalue weighted by atomic mass is 9.99. The summed E-state index contributed by atoms with van der Waals surface area (Å²) in [5.41, 5.74) is 0.574. The number of carbonyl (C=O) groups is 1. The van der Waals surface area contributed by atoms with Crippen molar-refractivity contribution in [1.29, 1.82) is 0 Å². The molecule has 1 atom stereocenters. The lowest BCUT2D eigenvalue weighted by molar-refractivity contribution is -0.120. The van der Waals surface area contributed by atoms with Crippen LogP contribution < -0.4 is 10.6 Å². The van der Waals surface area contributed by atoms with Gasteiger partial charge in [-0.1, -0.05) is 34.8 Å². The van der Waals surface area contributed by atoms with Crippen LogP contribution in [0.3, 0.4) is 0 Å². The van der Waals surface area contributed by atoms with Gasteiger partial charge in [0.25, 0.3) is 0 Å². The minimum atomic E-state index is -0.0170. The van der Waals surface area contributed by atoms with E-state index < -0.39 is 0 Å². The van der Waals surface area contributed by atoms with E-state index in [1.54, 1.807) is 12.1 Å². The van der Waals surface area contributed by atoms with Crippen LogP contribution in [-0.2, 0) is 4.79 Å². The maximum Gasteiger partial charge on any atom is 0.228 e. The molecular formula is C12H13Cl3N2O. The molecule has 1 amide bonds. The standard InChI is InChI=1S/C12H13Cl3N2O/c13-9-4-8(5-10(14)11(9)15)17-12(18)7-2-1-3-16-6-7/h4-5,7,16H,1-3,6H2,(H,17,18). The van der Waals surface area contributed by atoms with E-state index in [4.69, 9.17) is 34.8 Å². The number of anilines is 1. The van der Waals surface area contributed by atoms with Crippen LogP contribution in [0.2, 0.25) is 15.1 Å². The summed E-state index contributed by atoms with van der Waals surface area (Å²) in [5.74, 6) is -0.0244. The smallest absolute Gasteiger partial charge is 0.228 e. The van der Waals surface area contributed by atoms with Gasteiger partial charge in [-0.2, -0.15) is 0 Å². The first-order chi connectivity index (χ1) is 8.58. The van der Waals surface area contributed by atoms with Crippen molar-refractivity contribution < 1.29 is 4.79 Å². The first-order valence-electron chi connectivity index (χ1n) is 5.74. The average molecular weight is 308 g/mol. The highest BCUT2D eigenvalue weighted by molar-refractivity contribution is 6.48. The Morgan fingerprint density at radius 2 is 1.94 bits per heavy atom. The van der Waals surface area contributed by atoms with Gasteiger partial charge in [0.05, 0.1) is 21.0 Å². The molecule has 1 saturated heterocycles. The van der Waals surface area contributed by atoms with E-state index in [2.05, 4.69) is 10.6 Å². The van der Waals surface area contributed by atoms with Crippen LogP contribution in [0.1, 0.15) is 12.8 Å². The van der Waals surface area contributed by atoms with Crippen molar-refractivity contribution in [2.24, 2.45) is 5.92 Å². The quantitative estimate of drug-likeness (QED) is 0.820. The molecule has 0 spiro atoms. The highest BCUT2D eigenvalue weighted by Crippen LogP contribution is 2.33. The summed E-state index contributed by atoms with van der Waals surface area (Å²) in [6, 6.07) is 3.20. The van der Waals surface area contributed by atoms with Crippen molar-refractivity contribution in [3.63, 3.8) is 0 Å². The van der Waals surface area contributed by atoms with E-state index >= 15 is 0 Å². The van der Waals surface area contributed by atoms with Crippen molar-refractivity contribution >= 4 is 46.4 Å². The summed E-state index contributed by atoms with van der Waals surface area (Å²) in [6.07, 6.45) is 1.91. The topological polar surface area (TPSA) is 41.1 Å². The Hall–Kier alpha value is -0.480. The van der Waals surface area contributed by atoms with Crippen molar-refractivity contribution in [3.8, 4) is 0 Å². The van der Waals surface area contributed by atoms with Crippen LogP contribution in [0.4, 0.5) is 5.69 Å². The monoisotopic (exact) mass is 306 g/mol. The van der Waals surface area contributed by atoms with E-state index in [0.717, 1.165) is 19.4 Å². The van der Waals surface area contributed by atoms with Crippen LogP contribution in [-0.4, -0.2) is 19.0 Å². The number of carbonyl (C=O) groups excluding carboxylic acids is 1. The van der Waals surface area contributed by atoms with Crippen LogP contribution >= 0.6 is 34.8 Å². The van der Waals surface area contributed by atoms with Gasteiger partial charge >= 0.3 is 0 Å².